The Hall–Kier alpha value is -2.51. The number of likely N-dealkylation sites (tertiary alicyclic amines) is 1. The number of Topliss-reactive ketones (excluding diaryl/α,β-unsaturated/α-hetero) is 1. The van der Waals surface area contributed by atoms with Crippen molar-refractivity contribution in [2.45, 2.75) is 59.0 Å². The van der Waals surface area contributed by atoms with Gasteiger partial charge in [-0.25, -0.2) is 13.6 Å². The number of rotatable bonds is 5. The number of ketones is 1. The lowest BCUT2D eigenvalue weighted by atomic mass is 9.87. The van der Waals surface area contributed by atoms with Crippen LogP contribution in [0.4, 0.5) is 13.6 Å². The van der Waals surface area contributed by atoms with Crippen LogP contribution in [0.5, 0.6) is 0 Å². The van der Waals surface area contributed by atoms with Crippen LogP contribution in [0.15, 0.2) is 18.2 Å². The molecule has 1 aliphatic heterocycles. The molecule has 0 spiro atoms. The summed E-state index contributed by atoms with van der Waals surface area (Å²) in [5, 5.41) is 9.71. The number of carbonyl (C=O) groups is 3. The van der Waals surface area contributed by atoms with Gasteiger partial charge in [0.1, 0.15) is 17.7 Å². The molecule has 0 aromatic heterocycles. The summed E-state index contributed by atoms with van der Waals surface area (Å²) < 4.78 is 27.0. The molecule has 1 aromatic rings. The van der Waals surface area contributed by atoms with Crippen molar-refractivity contribution in [3.05, 3.63) is 35.4 Å². The Balaban J connectivity index is 2.13. The first-order valence-electron chi connectivity index (χ1n) is 10.1. The van der Waals surface area contributed by atoms with E-state index in [1.165, 1.54) is 4.90 Å². The third-order valence-corrected chi connectivity index (χ3v) is 5.47. The van der Waals surface area contributed by atoms with Gasteiger partial charge in [-0.1, -0.05) is 13.8 Å². The summed E-state index contributed by atoms with van der Waals surface area (Å²) in [7, 11) is 0. The van der Waals surface area contributed by atoms with E-state index in [-0.39, 0.29) is 30.5 Å². The SMILES string of the molecule is CC(C)[C@@H](C(=O)N1CCC(C(=O)c2ccc(F)cc2F)CC1)N(C(=O)O)C(C)(C)C. The molecule has 8 heteroatoms. The molecule has 1 saturated heterocycles. The number of benzene rings is 1. The summed E-state index contributed by atoms with van der Waals surface area (Å²) in [6, 6.07) is 2.04. The monoisotopic (exact) mass is 424 g/mol. The van der Waals surface area contributed by atoms with Gasteiger partial charge in [0.2, 0.25) is 5.91 Å². The van der Waals surface area contributed by atoms with Crippen LogP contribution >= 0.6 is 0 Å². The lowest BCUT2D eigenvalue weighted by molar-refractivity contribution is -0.141. The van der Waals surface area contributed by atoms with Crippen LogP contribution < -0.4 is 0 Å². The fourth-order valence-corrected chi connectivity index (χ4v) is 3.98. The van der Waals surface area contributed by atoms with Crippen LogP contribution in [0, 0.1) is 23.5 Å². The van der Waals surface area contributed by atoms with Crippen molar-refractivity contribution < 1.29 is 28.3 Å². The van der Waals surface area contributed by atoms with Gasteiger partial charge >= 0.3 is 6.09 Å². The summed E-state index contributed by atoms with van der Waals surface area (Å²) in [5.41, 5.74) is -0.906. The first-order chi connectivity index (χ1) is 13.8. The van der Waals surface area contributed by atoms with E-state index in [0.29, 0.717) is 18.9 Å². The van der Waals surface area contributed by atoms with Crippen LogP contribution in [0.25, 0.3) is 0 Å². The number of hydrogen-bond donors (Lipinski definition) is 1. The minimum atomic E-state index is -1.16. The molecule has 30 heavy (non-hydrogen) atoms. The van der Waals surface area contributed by atoms with Gasteiger partial charge in [0.25, 0.3) is 0 Å². The molecule has 0 unspecified atom stereocenters. The van der Waals surface area contributed by atoms with E-state index in [4.69, 9.17) is 0 Å². The van der Waals surface area contributed by atoms with Crippen LogP contribution in [0.3, 0.4) is 0 Å². The number of halogens is 2. The molecule has 2 amide bonds. The Bertz CT molecular complexity index is 812. The van der Waals surface area contributed by atoms with Crippen LogP contribution in [-0.2, 0) is 4.79 Å². The molecule has 1 atom stereocenters. The van der Waals surface area contributed by atoms with Crippen molar-refractivity contribution in [2.75, 3.05) is 13.1 Å². The van der Waals surface area contributed by atoms with Gasteiger partial charge in [-0.2, -0.15) is 0 Å². The van der Waals surface area contributed by atoms with Gasteiger partial charge in [-0.3, -0.25) is 14.5 Å². The molecular formula is C22H30F2N2O4. The van der Waals surface area contributed by atoms with Gasteiger partial charge in [-0.15, -0.1) is 0 Å². The van der Waals surface area contributed by atoms with Crippen molar-refractivity contribution in [3.63, 3.8) is 0 Å². The van der Waals surface area contributed by atoms with E-state index < -0.39 is 41.0 Å². The highest BCUT2D eigenvalue weighted by Gasteiger charge is 2.42. The quantitative estimate of drug-likeness (QED) is 0.719. The highest BCUT2D eigenvalue weighted by atomic mass is 19.1. The van der Waals surface area contributed by atoms with E-state index in [1.807, 2.05) is 0 Å². The Labute approximate surface area is 175 Å². The van der Waals surface area contributed by atoms with Gasteiger partial charge in [0, 0.05) is 30.6 Å². The van der Waals surface area contributed by atoms with Gasteiger partial charge in [0.05, 0.1) is 5.56 Å². The number of amides is 2. The van der Waals surface area contributed by atoms with Crippen LogP contribution in [0.2, 0.25) is 0 Å². The first kappa shape index (κ1) is 23.8. The van der Waals surface area contributed by atoms with Gasteiger partial charge in [0.15, 0.2) is 5.78 Å². The van der Waals surface area contributed by atoms with E-state index in [2.05, 4.69) is 0 Å². The maximum absolute atomic E-state index is 13.9. The van der Waals surface area contributed by atoms with Crippen LogP contribution in [-0.4, -0.2) is 57.4 Å². The normalized spacial score (nSPS) is 16.5. The molecule has 1 aliphatic rings. The lowest BCUT2D eigenvalue weighted by Gasteiger charge is -2.43. The molecular weight excluding hydrogens is 394 g/mol. The highest BCUT2D eigenvalue weighted by molar-refractivity contribution is 5.98. The molecule has 1 heterocycles. The van der Waals surface area contributed by atoms with Crippen molar-refractivity contribution in [1.29, 1.82) is 0 Å². The number of nitrogens with zero attached hydrogens (tertiary/aromatic N) is 2. The Morgan fingerprint density at radius 2 is 1.70 bits per heavy atom. The predicted octanol–water partition coefficient (Wildman–Crippen LogP) is 4.19. The van der Waals surface area contributed by atoms with E-state index in [9.17, 15) is 28.3 Å². The van der Waals surface area contributed by atoms with Gasteiger partial charge < -0.3 is 10.0 Å². The molecule has 2 rings (SSSR count). The number of carbonyl (C=O) groups excluding carboxylic acids is 2. The minimum Gasteiger partial charge on any atom is -0.465 e. The Morgan fingerprint density at radius 3 is 2.13 bits per heavy atom. The topological polar surface area (TPSA) is 77.9 Å². The van der Waals surface area contributed by atoms with Crippen molar-refractivity contribution in [3.8, 4) is 0 Å². The Kier molecular flexibility index (Phi) is 7.21. The average molecular weight is 424 g/mol. The number of carboxylic acid groups (broad SMARTS) is 1. The Morgan fingerprint density at radius 1 is 1.13 bits per heavy atom. The molecule has 1 aromatic carbocycles. The van der Waals surface area contributed by atoms with E-state index >= 15 is 0 Å². The smallest absolute Gasteiger partial charge is 0.408 e. The second-order valence-corrected chi connectivity index (χ2v) is 9.10. The molecule has 1 fully saturated rings. The summed E-state index contributed by atoms with van der Waals surface area (Å²) >= 11 is 0. The summed E-state index contributed by atoms with van der Waals surface area (Å²) in [6.45, 7) is 9.39. The zero-order valence-electron chi connectivity index (χ0n) is 18.1. The second kappa shape index (κ2) is 9.10. The fourth-order valence-electron chi connectivity index (χ4n) is 3.98. The molecule has 1 N–H and O–H groups in total. The first-order valence-corrected chi connectivity index (χ1v) is 10.1. The second-order valence-electron chi connectivity index (χ2n) is 9.10. The summed E-state index contributed by atoms with van der Waals surface area (Å²) in [4.78, 5) is 40.5. The van der Waals surface area contributed by atoms with Crippen molar-refractivity contribution >= 4 is 17.8 Å². The molecule has 0 saturated carbocycles. The van der Waals surface area contributed by atoms with E-state index in [0.717, 1.165) is 12.1 Å². The van der Waals surface area contributed by atoms with Crippen molar-refractivity contribution in [1.82, 2.24) is 9.80 Å². The summed E-state index contributed by atoms with van der Waals surface area (Å²) in [6.07, 6.45) is -0.477. The fraction of sp³-hybridized carbons (Fsp3) is 0.591. The largest absolute Gasteiger partial charge is 0.465 e. The molecule has 166 valence electrons. The lowest BCUT2D eigenvalue weighted by Crippen LogP contribution is -2.60. The highest BCUT2D eigenvalue weighted by Crippen LogP contribution is 2.28. The third kappa shape index (κ3) is 5.15. The summed E-state index contributed by atoms with van der Waals surface area (Å²) in [5.74, 6) is -3.03. The number of hydrogen-bond acceptors (Lipinski definition) is 3. The molecule has 0 aliphatic carbocycles. The molecule has 0 radical (unpaired) electrons. The molecule has 6 nitrogen and oxygen atoms in total. The maximum Gasteiger partial charge on any atom is 0.408 e. The zero-order valence-corrected chi connectivity index (χ0v) is 18.1. The number of piperidine rings is 1. The zero-order chi connectivity index (χ0) is 22.8. The third-order valence-electron chi connectivity index (χ3n) is 5.47. The average Bonchev–Trinajstić information content (AvgIpc) is 2.63. The maximum atomic E-state index is 13.9. The van der Waals surface area contributed by atoms with Crippen LogP contribution in [0.1, 0.15) is 57.8 Å². The van der Waals surface area contributed by atoms with E-state index in [1.54, 1.807) is 39.5 Å². The predicted molar refractivity (Wildman–Crippen MR) is 108 cm³/mol. The van der Waals surface area contributed by atoms with Crippen molar-refractivity contribution in [2.24, 2.45) is 11.8 Å². The van der Waals surface area contributed by atoms with Gasteiger partial charge in [-0.05, 0) is 51.7 Å². The molecule has 0 bridgehead atoms. The minimum absolute atomic E-state index is 0.147. The standard InChI is InChI=1S/C22H30F2N2O4/c1-13(2)18(26(21(29)30)22(3,4)5)20(28)25-10-8-14(9-11-25)19(27)16-7-6-15(23)12-17(16)24/h6-7,12-14,18H,8-11H2,1-5H3,(H,29,30)/t18-/m0/s1.